The summed E-state index contributed by atoms with van der Waals surface area (Å²) < 4.78 is 5.62. The summed E-state index contributed by atoms with van der Waals surface area (Å²) in [5.41, 5.74) is 9.46. The molecule has 0 saturated carbocycles. The van der Waals surface area contributed by atoms with Gasteiger partial charge < -0.3 is 10.5 Å². The molecule has 100 valence electrons. The maximum absolute atomic E-state index is 6.26. The highest BCUT2D eigenvalue weighted by Gasteiger charge is 2.09. The molecular weight excluding hydrogens is 236 g/mol. The number of nitrogens with zero attached hydrogens (tertiary/aromatic N) is 1. The van der Waals surface area contributed by atoms with Gasteiger partial charge in [0, 0.05) is 12.4 Å². The minimum absolute atomic E-state index is 0.152. The number of aryl methyl sites for hydroxylation is 1. The third-order valence-electron chi connectivity index (χ3n) is 2.87. The van der Waals surface area contributed by atoms with Crippen molar-refractivity contribution in [3.8, 4) is 5.75 Å². The Morgan fingerprint density at radius 1 is 1.05 bits per heavy atom. The molecule has 2 N–H and O–H groups in total. The molecule has 1 aromatic heterocycles. The van der Waals surface area contributed by atoms with Gasteiger partial charge in [-0.15, -0.1) is 0 Å². The lowest BCUT2D eigenvalue weighted by Crippen LogP contribution is -2.12. The van der Waals surface area contributed by atoms with Crippen LogP contribution in [0.25, 0.3) is 0 Å². The Morgan fingerprint density at radius 3 is 2.32 bits per heavy atom. The summed E-state index contributed by atoms with van der Waals surface area (Å²) in [6, 6.07) is 9.84. The standard InChI is InChI=1S/C16H20N2O/c1-11(2)19-15-6-4-13(5-7-15)16(17)14-8-12(3)9-18-10-14/h4-11,16H,17H2,1-3H3. The highest BCUT2D eigenvalue weighted by Crippen LogP contribution is 2.22. The van der Waals surface area contributed by atoms with E-state index in [2.05, 4.69) is 11.1 Å². The van der Waals surface area contributed by atoms with Gasteiger partial charge in [-0.25, -0.2) is 0 Å². The van der Waals surface area contributed by atoms with Crippen molar-refractivity contribution in [2.24, 2.45) is 5.73 Å². The SMILES string of the molecule is Cc1cncc(C(N)c2ccc(OC(C)C)cc2)c1. The second kappa shape index (κ2) is 5.85. The summed E-state index contributed by atoms with van der Waals surface area (Å²) in [6.45, 7) is 6.04. The van der Waals surface area contributed by atoms with E-state index in [9.17, 15) is 0 Å². The summed E-state index contributed by atoms with van der Waals surface area (Å²) in [7, 11) is 0. The van der Waals surface area contributed by atoms with Crippen molar-refractivity contribution >= 4 is 0 Å². The van der Waals surface area contributed by atoms with Gasteiger partial charge in [-0.05, 0) is 49.6 Å². The number of nitrogens with two attached hydrogens (primary N) is 1. The Bertz CT molecular complexity index is 535. The molecule has 2 aromatic rings. The van der Waals surface area contributed by atoms with E-state index in [4.69, 9.17) is 10.5 Å². The summed E-state index contributed by atoms with van der Waals surface area (Å²) in [5, 5.41) is 0. The fourth-order valence-corrected chi connectivity index (χ4v) is 1.97. The van der Waals surface area contributed by atoms with Crippen molar-refractivity contribution in [1.82, 2.24) is 4.98 Å². The lowest BCUT2D eigenvalue weighted by atomic mass is 10.0. The normalized spacial score (nSPS) is 12.5. The average Bonchev–Trinajstić information content (AvgIpc) is 2.38. The molecule has 0 saturated heterocycles. The first kappa shape index (κ1) is 13.6. The largest absolute Gasteiger partial charge is 0.491 e. The zero-order chi connectivity index (χ0) is 13.8. The number of ether oxygens (including phenoxy) is 1. The molecule has 0 aliphatic rings. The maximum atomic E-state index is 6.26. The van der Waals surface area contributed by atoms with Crippen LogP contribution in [0.1, 0.15) is 36.6 Å². The van der Waals surface area contributed by atoms with Crippen molar-refractivity contribution in [2.45, 2.75) is 32.9 Å². The zero-order valence-electron chi connectivity index (χ0n) is 11.6. The van der Waals surface area contributed by atoms with Crippen molar-refractivity contribution in [3.05, 3.63) is 59.4 Å². The van der Waals surface area contributed by atoms with E-state index in [0.29, 0.717) is 0 Å². The Morgan fingerprint density at radius 2 is 1.74 bits per heavy atom. The van der Waals surface area contributed by atoms with Gasteiger partial charge >= 0.3 is 0 Å². The minimum atomic E-state index is -0.152. The third kappa shape index (κ3) is 3.55. The first-order chi connectivity index (χ1) is 9.06. The Balaban J connectivity index is 2.17. The molecule has 1 heterocycles. The molecule has 1 unspecified atom stereocenters. The van der Waals surface area contributed by atoms with E-state index in [1.807, 2.05) is 57.4 Å². The van der Waals surface area contributed by atoms with Crippen LogP contribution < -0.4 is 10.5 Å². The smallest absolute Gasteiger partial charge is 0.119 e. The molecule has 0 amide bonds. The highest BCUT2D eigenvalue weighted by molar-refractivity contribution is 5.35. The molecule has 0 spiro atoms. The van der Waals surface area contributed by atoms with Crippen LogP contribution in [0.15, 0.2) is 42.7 Å². The maximum Gasteiger partial charge on any atom is 0.119 e. The van der Waals surface area contributed by atoms with E-state index in [-0.39, 0.29) is 12.1 Å². The van der Waals surface area contributed by atoms with E-state index in [1.165, 1.54) is 0 Å². The zero-order valence-corrected chi connectivity index (χ0v) is 11.6. The molecule has 0 fully saturated rings. The van der Waals surface area contributed by atoms with Crippen molar-refractivity contribution < 1.29 is 4.74 Å². The highest BCUT2D eigenvalue weighted by atomic mass is 16.5. The van der Waals surface area contributed by atoms with Crippen LogP contribution in [-0.2, 0) is 0 Å². The van der Waals surface area contributed by atoms with Gasteiger partial charge in [0.1, 0.15) is 5.75 Å². The third-order valence-corrected chi connectivity index (χ3v) is 2.87. The number of benzene rings is 1. The fraction of sp³-hybridized carbons (Fsp3) is 0.312. The van der Waals surface area contributed by atoms with Crippen LogP contribution in [0.4, 0.5) is 0 Å². The summed E-state index contributed by atoms with van der Waals surface area (Å²) in [5.74, 6) is 0.869. The van der Waals surface area contributed by atoms with Gasteiger partial charge in [0.15, 0.2) is 0 Å². The van der Waals surface area contributed by atoms with Crippen molar-refractivity contribution in [3.63, 3.8) is 0 Å². The molecule has 19 heavy (non-hydrogen) atoms. The Hall–Kier alpha value is -1.87. The lowest BCUT2D eigenvalue weighted by Gasteiger charge is -2.14. The Kier molecular flexibility index (Phi) is 4.17. The van der Waals surface area contributed by atoms with Crippen LogP contribution in [0.3, 0.4) is 0 Å². The van der Waals surface area contributed by atoms with Gasteiger partial charge in [-0.1, -0.05) is 18.2 Å². The number of hydrogen-bond donors (Lipinski definition) is 1. The number of pyridine rings is 1. The van der Waals surface area contributed by atoms with Gasteiger partial charge in [0.25, 0.3) is 0 Å². The predicted molar refractivity (Wildman–Crippen MR) is 77.2 cm³/mol. The van der Waals surface area contributed by atoms with Crippen LogP contribution >= 0.6 is 0 Å². The molecule has 1 aromatic carbocycles. The van der Waals surface area contributed by atoms with Gasteiger partial charge in [-0.2, -0.15) is 0 Å². The van der Waals surface area contributed by atoms with E-state index < -0.39 is 0 Å². The lowest BCUT2D eigenvalue weighted by molar-refractivity contribution is 0.242. The van der Waals surface area contributed by atoms with Gasteiger partial charge in [0.2, 0.25) is 0 Å². The second-order valence-electron chi connectivity index (χ2n) is 5.01. The van der Waals surface area contributed by atoms with E-state index >= 15 is 0 Å². The van der Waals surface area contributed by atoms with Crippen LogP contribution in [0.2, 0.25) is 0 Å². The van der Waals surface area contributed by atoms with Gasteiger partial charge in [0.05, 0.1) is 12.1 Å². The first-order valence-corrected chi connectivity index (χ1v) is 6.50. The molecule has 0 bridgehead atoms. The fourth-order valence-electron chi connectivity index (χ4n) is 1.97. The summed E-state index contributed by atoms with van der Waals surface area (Å²) in [6.07, 6.45) is 3.83. The monoisotopic (exact) mass is 256 g/mol. The molecule has 1 atom stereocenters. The van der Waals surface area contributed by atoms with E-state index in [1.54, 1.807) is 0 Å². The molecule has 2 rings (SSSR count). The van der Waals surface area contributed by atoms with Crippen molar-refractivity contribution in [2.75, 3.05) is 0 Å². The molecule has 0 radical (unpaired) electrons. The topological polar surface area (TPSA) is 48.1 Å². The average molecular weight is 256 g/mol. The van der Waals surface area contributed by atoms with Gasteiger partial charge in [-0.3, -0.25) is 4.98 Å². The van der Waals surface area contributed by atoms with Crippen LogP contribution in [0.5, 0.6) is 5.75 Å². The predicted octanol–water partition coefficient (Wildman–Crippen LogP) is 3.23. The molecular formula is C16H20N2O. The quantitative estimate of drug-likeness (QED) is 0.913. The number of hydrogen-bond acceptors (Lipinski definition) is 3. The van der Waals surface area contributed by atoms with Crippen LogP contribution in [-0.4, -0.2) is 11.1 Å². The van der Waals surface area contributed by atoms with E-state index in [0.717, 1.165) is 22.4 Å². The first-order valence-electron chi connectivity index (χ1n) is 6.50. The Labute approximate surface area is 114 Å². The number of rotatable bonds is 4. The molecule has 0 aliphatic heterocycles. The molecule has 0 aliphatic carbocycles. The van der Waals surface area contributed by atoms with Crippen molar-refractivity contribution in [1.29, 1.82) is 0 Å². The number of aromatic nitrogens is 1. The summed E-state index contributed by atoms with van der Waals surface area (Å²) in [4.78, 5) is 4.18. The minimum Gasteiger partial charge on any atom is -0.491 e. The molecule has 3 heteroatoms. The second-order valence-corrected chi connectivity index (χ2v) is 5.01. The molecule has 3 nitrogen and oxygen atoms in total. The summed E-state index contributed by atoms with van der Waals surface area (Å²) >= 11 is 0. The van der Waals surface area contributed by atoms with Crippen LogP contribution in [0, 0.1) is 6.92 Å².